The van der Waals surface area contributed by atoms with Gasteiger partial charge in [-0.2, -0.15) is 0 Å². The van der Waals surface area contributed by atoms with E-state index >= 15 is 0 Å². The van der Waals surface area contributed by atoms with E-state index in [4.69, 9.17) is 0 Å². The van der Waals surface area contributed by atoms with Crippen molar-refractivity contribution in [3.05, 3.63) is 95.2 Å². The van der Waals surface area contributed by atoms with Crippen LogP contribution in [0.4, 0.5) is 11.4 Å². The molecule has 0 spiro atoms. The maximum absolute atomic E-state index is 4.15. The van der Waals surface area contributed by atoms with E-state index in [0.29, 0.717) is 18.4 Å². The Balaban J connectivity index is 1.49. The zero-order valence-corrected chi connectivity index (χ0v) is 28.4. The highest BCUT2D eigenvalue weighted by Crippen LogP contribution is 2.53. The number of hydrogen-bond acceptors (Lipinski definition) is 1. The maximum atomic E-state index is 4.15. The molecular formula is C38H39BN2Si2. The van der Waals surface area contributed by atoms with Crippen molar-refractivity contribution in [1.29, 1.82) is 0 Å². The van der Waals surface area contributed by atoms with Crippen molar-refractivity contribution < 1.29 is 0 Å². The largest absolute Gasteiger partial charge is 0.356 e. The number of benzene rings is 4. The van der Waals surface area contributed by atoms with Crippen molar-refractivity contribution in [2.24, 2.45) is 5.92 Å². The minimum absolute atomic E-state index is 0.365. The Kier molecular flexibility index (Phi) is 5.02. The number of rotatable bonds is 3. The van der Waals surface area contributed by atoms with E-state index in [1.807, 2.05) is 0 Å². The van der Waals surface area contributed by atoms with Crippen LogP contribution in [0.25, 0.3) is 38.6 Å². The summed E-state index contributed by atoms with van der Waals surface area (Å²) in [6.07, 6.45) is 6.50. The summed E-state index contributed by atoms with van der Waals surface area (Å²) in [5.74, 6) is 0.963. The van der Waals surface area contributed by atoms with Gasteiger partial charge in [0.15, 0.2) is 0 Å². The molecule has 0 amide bonds. The predicted molar refractivity (Wildman–Crippen MR) is 194 cm³/mol. The summed E-state index contributed by atoms with van der Waals surface area (Å²) in [6, 6.07) is 25.8. The lowest BCUT2D eigenvalue weighted by Crippen LogP contribution is -2.60. The second-order valence-corrected chi connectivity index (χ2v) is 25.7. The average Bonchev–Trinajstić information content (AvgIpc) is 3.30. The molecule has 0 fully saturated rings. The first-order valence-corrected chi connectivity index (χ1v) is 23.1. The van der Waals surface area contributed by atoms with Crippen LogP contribution < -0.4 is 21.4 Å². The molecule has 0 saturated heterocycles. The van der Waals surface area contributed by atoms with Crippen LogP contribution in [0.2, 0.25) is 45.1 Å². The third kappa shape index (κ3) is 3.41. The van der Waals surface area contributed by atoms with Gasteiger partial charge < -0.3 is 9.88 Å². The van der Waals surface area contributed by atoms with E-state index in [1.165, 1.54) is 61.0 Å². The molecule has 5 heteroatoms. The molecule has 1 N–H and O–H groups in total. The van der Waals surface area contributed by atoms with Crippen molar-refractivity contribution >= 4 is 77.9 Å². The molecule has 212 valence electrons. The summed E-state index contributed by atoms with van der Waals surface area (Å²) in [6.45, 7) is 17.7. The lowest BCUT2D eigenvalue weighted by atomic mass is 9.25. The molecule has 4 heterocycles. The second kappa shape index (κ2) is 8.34. The number of nitrogens with one attached hydrogen (secondary N) is 1. The minimum Gasteiger partial charge on any atom is -0.356 e. The molecule has 1 aromatic heterocycles. The van der Waals surface area contributed by atoms with E-state index in [2.05, 4.69) is 135 Å². The van der Waals surface area contributed by atoms with Gasteiger partial charge in [-0.25, -0.2) is 0 Å². The molecule has 3 aliphatic heterocycles. The van der Waals surface area contributed by atoms with Crippen molar-refractivity contribution in [3.63, 3.8) is 0 Å². The highest BCUT2D eigenvalue weighted by molar-refractivity contribution is 6.94. The van der Waals surface area contributed by atoms with Gasteiger partial charge in [-0.15, -0.1) is 0 Å². The number of fused-ring (bicyclic) bond motifs is 4. The van der Waals surface area contributed by atoms with Crippen molar-refractivity contribution in [2.75, 3.05) is 5.32 Å². The quantitative estimate of drug-likeness (QED) is 0.210. The molecule has 0 saturated carbocycles. The van der Waals surface area contributed by atoms with Gasteiger partial charge in [0, 0.05) is 33.4 Å². The van der Waals surface area contributed by atoms with Gasteiger partial charge in [-0.3, -0.25) is 0 Å². The van der Waals surface area contributed by atoms with Crippen LogP contribution >= 0.6 is 0 Å². The number of anilines is 2. The molecule has 43 heavy (non-hydrogen) atoms. The number of para-hydroxylation sites is 1. The lowest BCUT2D eigenvalue weighted by Gasteiger charge is -2.48. The topological polar surface area (TPSA) is 17.0 Å². The van der Waals surface area contributed by atoms with Gasteiger partial charge in [-0.05, 0) is 71.4 Å². The average molecular weight is 591 g/mol. The first-order valence-electron chi connectivity index (χ1n) is 16.1. The fourth-order valence-corrected chi connectivity index (χ4v) is 11.2. The standard InChI is InChI=1S/C38H39BN2Si2/c1-22-12-8-9-13-27(22)29-21-30-28-14-10-11-15-32(28)41-33-20-26(43(5,6)7)18-24-16-23-17-25(42(2,3)4)19-31-34(23)39(35(24)33)36(38(30)41)37(29)40-31/h8-15,17-21,24,35,40H,16H2,1-7H3. The third-order valence-electron chi connectivity index (χ3n) is 10.9. The molecule has 0 radical (unpaired) electrons. The maximum Gasteiger partial charge on any atom is 0.227 e. The lowest BCUT2D eigenvalue weighted by molar-refractivity contribution is 0.631. The van der Waals surface area contributed by atoms with Crippen LogP contribution in [0.5, 0.6) is 0 Å². The van der Waals surface area contributed by atoms with Gasteiger partial charge in [0.25, 0.3) is 0 Å². The van der Waals surface area contributed by atoms with E-state index in [9.17, 15) is 0 Å². The summed E-state index contributed by atoms with van der Waals surface area (Å²) in [5, 5.41) is 10.1. The Labute approximate surface area is 257 Å². The SMILES string of the molecule is Cc1ccccc1-c1cc2c3ccccc3n3c2c2c1Nc1cc([Si](C)(C)C)cc4c1B2C1C3=CC([Si](C)(C)C)=CC1C4. The highest BCUT2D eigenvalue weighted by Gasteiger charge is 2.52. The van der Waals surface area contributed by atoms with Crippen LogP contribution in [0.15, 0.2) is 84.1 Å². The minimum atomic E-state index is -1.54. The van der Waals surface area contributed by atoms with Crippen molar-refractivity contribution in [2.45, 2.75) is 58.4 Å². The Morgan fingerprint density at radius 3 is 2.35 bits per heavy atom. The molecule has 4 aromatic carbocycles. The van der Waals surface area contributed by atoms with Gasteiger partial charge in [0.05, 0.1) is 27.2 Å². The van der Waals surface area contributed by atoms with E-state index in [0.717, 1.165) is 6.42 Å². The van der Waals surface area contributed by atoms with Crippen LogP contribution in [-0.4, -0.2) is 27.4 Å². The Morgan fingerprint density at radius 1 is 0.814 bits per heavy atom. The summed E-state index contributed by atoms with van der Waals surface area (Å²) in [7, 11) is -3.06. The normalized spacial score (nSPS) is 19.8. The monoisotopic (exact) mass is 590 g/mol. The molecule has 5 aromatic rings. The summed E-state index contributed by atoms with van der Waals surface area (Å²) >= 11 is 0. The number of aromatic nitrogens is 1. The predicted octanol–water partition coefficient (Wildman–Crippen LogP) is 8.20. The Bertz CT molecular complexity index is 2140. The smallest absolute Gasteiger partial charge is 0.227 e. The van der Waals surface area contributed by atoms with Crippen molar-refractivity contribution in [1.82, 2.24) is 4.57 Å². The molecular weight excluding hydrogens is 551 g/mol. The molecule has 4 aliphatic rings. The van der Waals surface area contributed by atoms with Gasteiger partial charge >= 0.3 is 0 Å². The molecule has 0 bridgehead atoms. The van der Waals surface area contributed by atoms with E-state index < -0.39 is 16.1 Å². The zero-order valence-electron chi connectivity index (χ0n) is 26.4. The van der Waals surface area contributed by atoms with E-state index in [-0.39, 0.29) is 0 Å². The third-order valence-corrected chi connectivity index (χ3v) is 14.9. The van der Waals surface area contributed by atoms with Crippen LogP contribution in [-0.2, 0) is 6.42 Å². The van der Waals surface area contributed by atoms with Crippen LogP contribution in [0.3, 0.4) is 0 Å². The Morgan fingerprint density at radius 2 is 1.58 bits per heavy atom. The summed E-state index contributed by atoms with van der Waals surface area (Å²) in [4.78, 5) is 0. The van der Waals surface area contributed by atoms with Gasteiger partial charge in [0.1, 0.15) is 0 Å². The van der Waals surface area contributed by atoms with Crippen LogP contribution in [0.1, 0.15) is 11.1 Å². The zero-order chi connectivity index (χ0) is 29.6. The fraction of sp³-hybridized carbons (Fsp3) is 0.263. The van der Waals surface area contributed by atoms with E-state index in [1.54, 1.807) is 21.4 Å². The molecule has 2 nitrogen and oxygen atoms in total. The van der Waals surface area contributed by atoms with Gasteiger partial charge in [0.2, 0.25) is 6.71 Å². The van der Waals surface area contributed by atoms with Crippen LogP contribution in [0, 0.1) is 12.8 Å². The molecule has 2 unspecified atom stereocenters. The Hall–Kier alpha value is -3.54. The van der Waals surface area contributed by atoms with Gasteiger partial charge in [-0.1, -0.05) is 110 Å². The summed E-state index contributed by atoms with van der Waals surface area (Å²) < 4.78 is 2.69. The fourth-order valence-electron chi connectivity index (χ4n) is 8.77. The van der Waals surface area contributed by atoms with Crippen molar-refractivity contribution in [3.8, 4) is 11.1 Å². The molecule has 1 aliphatic carbocycles. The number of aryl methyl sites for hydroxylation is 1. The number of nitrogens with zero attached hydrogens (tertiary/aromatic N) is 1. The highest BCUT2D eigenvalue weighted by atomic mass is 28.3. The number of hydrogen-bond donors (Lipinski definition) is 1. The summed E-state index contributed by atoms with van der Waals surface area (Å²) in [5.41, 5.74) is 15.7. The molecule has 9 rings (SSSR count). The second-order valence-electron chi connectivity index (χ2n) is 15.6. The molecule has 2 atom stereocenters. The first kappa shape index (κ1) is 25.9. The number of allylic oxidation sites excluding steroid dienone is 4. The first-order chi connectivity index (χ1) is 20.5.